The lowest BCUT2D eigenvalue weighted by atomic mass is 9.85. The van der Waals surface area contributed by atoms with E-state index in [0.29, 0.717) is 11.9 Å². The van der Waals surface area contributed by atoms with E-state index in [2.05, 4.69) is 55.1 Å². The average molecular weight is 302 g/mol. The van der Waals surface area contributed by atoms with E-state index in [4.69, 9.17) is 0 Å². The molecule has 0 aromatic heterocycles. The number of likely N-dealkylation sites (tertiary alicyclic amines) is 1. The van der Waals surface area contributed by atoms with Crippen LogP contribution in [-0.4, -0.2) is 48.9 Å². The number of carbonyl (C=O) groups excluding carboxylic acids is 1. The second-order valence-corrected chi connectivity index (χ2v) is 6.65. The Bertz CT molecular complexity index is 458. The third-order valence-electron chi connectivity index (χ3n) is 4.78. The highest BCUT2D eigenvalue weighted by Crippen LogP contribution is 2.26. The third kappa shape index (κ3) is 4.33. The maximum Gasteiger partial charge on any atom is 0.227 e. The van der Waals surface area contributed by atoms with Crippen molar-refractivity contribution in [3.05, 3.63) is 35.9 Å². The number of hydrogen-bond acceptors (Lipinski definition) is 2. The van der Waals surface area contributed by atoms with Crippen molar-refractivity contribution in [1.82, 2.24) is 9.80 Å². The van der Waals surface area contributed by atoms with Gasteiger partial charge in [0, 0.05) is 19.1 Å². The number of hydrogen-bond donors (Lipinski definition) is 0. The van der Waals surface area contributed by atoms with Crippen LogP contribution < -0.4 is 0 Å². The summed E-state index contributed by atoms with van der Waals surface area (Å²) >= 11 is 0. The van der Waals surface area contributed by atoms with Gasteiger partial charge in [0.2, 0.25) is 5.91 Å². The Morgan fingerprint density at radius 1 is 1.18 bits per heavy atom. The predicted molar refractivity (Wildman–Crippen MR) is 91.8 cm³/mol. The fourth-order valence-electron chi connectivity index (χ4n) is 3.48. The predicted octanol–water partition coefficient (Wildman–Crippen LogP) is 3.20. The molecule has 1 amide bonds. The molecule has 0 bridgehead atoms. The molecule has 1 aromatic rings. The minimum absolute atomic E-state index is 0.0905. The first-order valence-corrected chi connectivity index (χ1v) is 8.62. The molecule has 3 heteroatoms. The lowest BCUT2D eigenvalue weighted by molar-refractivity contribution is -0.141. The van der Waals surface area contributed by atoms with E-state index in [0.717, 1.165) is 32.4 Å². The Kier molecular flexibility index (Phi) is 6.44. The number of rotatable bonds is 7. The van der Waals surface area contributed by atoms with Gasteiger partial charge in [-0.1, -0.05) is 50.1 Å². The minimum Gasteiger partial charge on any atom is -0.342 e. The van der Waals surface area contributed by atoms with Gasteiger partial charge in [-0.25, -0.2) is 0 Å². The highest BCUT2D eigenvalue weighted by atomic mass is 16.2. The molecule has 1 aliphatic rings. The largest absolute Gasteiger partial charge is 0.342 e. The molecule has 1 aromatic carbocycles. The van der Waals surface area contributed by atoms with Crippen LogP contribution in [0.5, 0.6) is 0 Å². The summed E-state index contributed by atoms with van der Waals surface area (Å²) in [6.07, 6.45) is 5.49. The zero-order valence-corrected chi connectivity index (χ0v) is 14.3. The Morgan fingerprint density at radius 2 is 1.91 bits per heavy atom. The first-order chi connectivity index (χ1) is 10.6. The van der Waals surface area contributed by atoms with Crippen molar-refractivity contribution in [3.8, 4) is 0 Å². The van der Waals surface area contributed by atoms with Gasteiger partial charge in [-0.3, -0.25) is 4.79 Å². The molecule has 3 nitrogen and oxygen atoms in total. The van der Waals surface area contributed by atoms with Crippen LogP contribution in [0, 0.1) is 5.92 Å². The molecular weight excluding hydrogens is 272 g/mol. The summed E-state index contributed by atoms with van der Waals surface area (Å²) in [5, 5.41) is 0. The summed E-state index contributed by atoms with van der Waals surface area (Å²) in [6.45, 7) is 4.05. The fraction of sp³-hybridized carbons (Fsp3) is 0.632. The topological polar surface area (TPSA) is 23.6 Å². The Hall–Kier alpha value is -1.35. The lowest BCUT2D eigenvalue weighted by Gasteiger charge is -2.41. The second kappa shape index (κ2) is 8.33. The molecule has 1 heterocycles. The van der Waals surface area contributed by atoms with Gasteiger partial charge in [-0.15, -0.1) is 0 Å². The maximum atomic E-state index is 12.9. The summed E-state index contributed by atoms with van der Waals surface area (Å²) in [4.78, 5) is 17.3. The van der Waals surface area contributed by atoms with Crippen molar-refractivity contribution < 1.29 is 4.79 Å². The Balaban J connectivity index is 2.07. The van der Waals surface area contributed by atoms with E-state index in [9.17, 15) is 4.79 Å². The van der Waals surface area contributed by atoms with E-state index in [1.165, 1.54) is 18.4 Å². The second-order valence-electron chi connectivity index (χ2n) is 6.65. The molecule has 122 valence electrons. The Morgan fingerprint density at radius 3 is 2.55 bits per heavy atom. The van der Waals surface area contributed by atoms with Crippen LogP contribution in [0.1, 0.15) is 38.2 Å². The molecule has 0 unspecified atom stereocenters. The quantitative estimate of drug-likeness (QED) is 0.722. The smallest absolute Gasteiger partial charge is 0.227 e. The molecule has 0 radical (unpaired) electrons. The molecular formula is C19H30N2O. The van der Waals surface area contributed by atoms with Crippen LogP contribution in [0.3, 0.4) is 0 Å². The number of nitrogens with zero attached hydrogens (tertiary/aromatic N) is 2. The van der Waals surface area contributed by atoms with Gasteiger partial charge in [0.15, 0.2) is 0 Å². The summed E-state index contributed by atoms with van der Waals surface area (Å²) in [5.41, 5.74) is 1.27. The first-order valence-electron chi connectivity index (χ1n) is 8.62. The van der Waals surface area contributed by atoms with E-state index < -0.39 is 0 Å². The van der Waals surface area contributed by atoms with Crippen LogP contribution in [0.2, 0.25) is 0 Å². The van der Waals surface area contributed by atoms with Crippen molar-refractivity contribution in [1.29, 1.82) is 0 Å². The van der Waals surface area contributed by atoms with Gasteiger partial charge in [-0.2, -0.15) is 0 Å². The van der Waals surface area contributed by atoms with Crippen LogP contribution in [0.25, 0.3) is 0 Å². The molecule has 0 N–H and O–H groups in total. The number of carbonyl (C=O) groups is 1. The monoisotopic (exact) mass is 302 g/mol. The van der Waals surface area contributed by atoms with Crippen LogP contribution in [-0.2, 0) is 11.2 Å². The summed E-state index contributed by atoms with van der Waals surface area (Å²) in [7, 11) is 4.20. The van der Waals surface area contributed by atoms with Gasteiger partial charge in [0.25, 0.3) is 0 Å². The lowest BCUT2D eigenvalue weighted by Crippen LogP contribution is -2.53. The van der Waals surface area contributed by atoms with E-state index in [1.807, 2.05) is 6.07 Å². The van der Waals surface area contributed by atoms with Crippen LogP contribution in [0.15, 0.2) is 30.3 Å². The van der Waals surface area contributed by atoms with Crippen molar-refractivity contribution in [3.63, 3.8) is 0 Å². The van der Waals surface area contributed by atoms with E-state index >= 15 is 0 Å². The fourth-order valence-corrected chi connectivity index (χ4v) is 3.48. The van der Waals surface area contributed by atoms with E-state index in [-0.39, 0.29) is 5.92 Å². The molecule has 0 saturated carbocycles. The van der Waals surface area contributed by atoms with Crippen LogP contribution >= 0.6 is 0 Å². The minimum atomic E-state index is 0.0905. The maximum absolute atomic E-state index is 12.9. The molecule has 22 heavy (non-hydrogen) atoms. The van der Waals surface area contributed by atoms with Crippen molar-refractivity contribution in [2.24, 2.45) is 5.92 Å². The molecule has 0 spiro atoms. The van der Waals surface area contributed by atoms with E-state index in [1.54, 1.807) is 0 Å². The highest BCUT2D eigenvalue weighted by molar-refractivity contribution is 5.80. The molecule has 1 fully saturated rings. The van der Waals surface area contributed by atoms with Gasteiger partial charge in [0.1, 0.15) is 0 Å². The molecule has 1 saturated heterocycles. The van der Waals surface area contributed by atoms with Gasteiger partial charge < -0.3 is 9.80 Å². The highest BCUT2D eigenvalue weighted by Gasteiger charge is 2.37. The first kappa shape index (κ1) is 17.0. The summed E-state index contributed by atoms with van der Waals surface area (Å²) in [5.74, 6) is 0.442. The van der Waals surface area contributed by atoms with Gasteiger partial charge in [0.05, 0.1) is 5.92 Å². The van der Waals surface area contributed by atoms with Gasteiger partial charge in [-0.05, 0) is 38.9 Å². The average Bonchev–Trinajstić information content (AvgIpc) is 2.52. The Labute approximate surface area is 135 Å². The van der Waals surface area contributed by atoms with Crippen LogP contribution in [0.4, 0.5) is 0 Å². The summed E-state index contributed by atoms with van der Waals surface area (Å²) in [6, 6.07) is 10.8. The van der Waals surface area contributed by atoms with Crippen molar-refractivity contribution >= 4 is 5.91 Å². The van der Waals surface area contributed by atoms with Crippen molar-refractivity contribution in [2.45, 2.75) is 45.1 Å². The molecule has 2 rings (SSSR count). The molecule has 0 aliphatic carbocycles. The van der Waals surface area contributed by atoms with Crippen molar-refractivity contribution in [2.75, 3.05) is 27.2 Å². The third-order valence-corrected chi connectivity index (χ3v) is 4.78. The van der Waals surface area contributed by atoms with Gasteiger partial charge >= 0.3 is 0 Å². The zero-order valence-electron chi connectivity index (χ0n) is 14.3. The normalized spacial score (nSPS) is 22.4. The number of piperidine rings is 1. The standard InChI is InChI=1S/C19H30N2O/c1-4-5-9-13-21-14-12-18(20(2)3)17(19(21)22)15-16-10-7-6-8-11-16/h6-8,10-11,17-18H,4-5,9,12-15H2,1-3H3/t17-,18+/m1/s1. The number of unbranched alkanes of at least 4 members (excludes halogenated alkanes) is 2. The summed E-state index contributed by atoms with van der Waals surface area (Å²) < 4.78 is 0. The SMILES string of the molecule is CCCCCN1CC[C@H](N(C)C)[C@@H](Cc2ccccc2)C1=O. The number of amides is 1. The molecule has 1 aliphatic heterocycles. The number of benzene rings is 1. The molecule has 2 atom stereocenters. The zero-order chi connectivity index (χ0) is 15.9.